The van der Waals surface area contributed by atoms with Crippen molar-refractivity contribution in [3.8, 4) is 0 Å². The number of Topliss-reactive ketones (excluding diaryl/α,β-unsaturated/α-hetero) is 1. The molecule has 1 atom stereocenters. The Morgan fingerprint density at radius 3 is 1.40 bits per heavy atom. The summed E-state index contributed by atoms with van der Waals surface area (Å²) in [4.78, 5) is 10.5. The molecule has 90 valence electrons. The molecule has 1 unspecified atom stereocenters. The predicted octanol–water partition coefficient (Wildman–Crippen LogP) is 2.07. The minimum absolute atomic E-state index is 0.378. The Balaban J connectivity index is 5.53. The van der Waals surface area contributed by atoms with E-state index in [0.29, 0.717) is 13.8 Å². The summed E-state index contributed by atoms with van der Waals surface area (Å²) < 4.78 is 72.5. The van der Waals surface area contributed by atoms with Crippen LogP contribution in [0.3, 0.4) is 0 Å². The Hall–Kier alpha value is -0.790. The highest BCUT2D eigenvalue weighted by Gasteiger charge is 2.73. The lowest BCUT2D eigenvalue weighted by atomic mass is 9.85. The first-order chi connectivity index (χ1) is 6.35. The second kappa shape index (κ2) is 3.66. The molecular weight excluding hydrogens is 230 g/mol. The SMILES string of the molecule is CC(=O)C(C)C(O)(C(F)(F)F)C(F)(F)F. The zero-order valence-electron chi connectivity index (χ0n) is 7.70. The van der Waals surface area contributed by atoms with Crippen LogP contribution in [0.4, 0.5) is 26.3 Å². The average molecular weight is 238 g/mol. The van der Waals surface area contributed by atoms with Crippen molar-refractivity contribution >= 4 is 5.78 Å². The van der Waals surface area contributed by atoms with Crippen molar-refractivity contribution in [1.29, 1.82) is 0 Å². The van der Waals surface area contributed by atoms with Crippen molar-refractivity contribution in [3.05, 3.63) is 0 Å². The fourth-order valence-electron chi connectivity index (χ4n) is 0.946. The molecule has 2 nitrogen and oxygen atoms in total. The molecule has 8 heteroatoms. The third-order valence-electron chi connectivity index (χ3n) is 2.10. The van der Waals surface area contributed by atoms with Gasteiger partial charge >= 0.3 is 12.4 Å². The maximum Gasteiger partial charge on any atom is 0.426 e. The normalized spacial score (nSPS) is 16.3. The molecule has 0 saturated carbocycles. The molecule has 0 spiro atoms. The Morgan fingerprint density at radius 1 is 1.07 bits per heavy atom. The van der Waals surface area contributed by atoms with Crippen LogP contribution in [0.15, 0.2) is 0 Å². The van der Waals surface area contributed by atoms with Crippen molar-refractivity contribution in [3.63, 3.8) is 0 Å². The molecule has 0 aromatic rings. The van der Waals surface area contributed by atoms with Crippen molar-refractivity contribution in [2.75, 3.05) is 0 Å². The molecule has 1 N–H and O–H groups in total. The van der Waals surface area contributed by atoms with E-state index in [9.17, 15) is 31.1 Å². The third-order valence-corrected chi connectivity index (χ3v) is 2.10. The number of carbonyl (C=O) groups excluding carboxylic acids is 1. The molecule has 0 radical (unpaired) electrons. The number of rotatable bonds is 2. The fraction of sp³-hybridized carbons (Fsp3) is 0.857. The number of ketones is 1. The van der Waals surface area contributed by atoms with Crippen molar-refractivity contribution < 1.29 is 36.2 Å². The summed E-state index contributed by atoms with van der Waals surface area (Å²) in [6, 6.07) is 0. The van der Waals surface area contributed by atoms with Gasteiger partial charge in [0.1, 0.15) is 5.78 Å². The molecule has 0 amide bonds. The smallest absolute Gasteiger partial charge is 0.373 e. The highest BCUT2D eigenvalue weighted by molar-refractivity contribution is 5.79. The van der Waals surface area contributed by atoms with Gasteiger partial charge in [0.25, 0.3) is 5.60 Å². The summed E-state index contributed by atoms with van der Waals surface area (Å²) in [5, 5.41) is 8.65. The van der Waals surface area contributed by atoms with E-state index in [1.54, 1.807) is 0 Å². The maximum atomic E-state index is 12.1. The van der Waals surface area contributed by atoms with E-state index in [1.165, 1.54) is 0 Å². The summed E-state index contributed by atoms with van der Waals surface area (Å²) in [5.41, 5.74) is -4.99. The monoisotopic (exact) mass is 238 g/mol. The van der Waals surface area contributed by atoms with Gasteiger partial charge in [-0.25, -0.2) is 0 Å². The molecule has 0 heterocycles. The quantitative estimate of drug-likeness (QED) is 0.747. The molecule has 0 aliphatic rings. The topological polar surface area (TPSA) is 37.3 Å². The molecule has 0 rings (SSSR count). The molecule has 0 aromatic heterocycles. The lowest BCUT2D eigenvalue weighted by Crippen LogP contribution is -2.62. The van der Waals surface area contributed by atoms with Crippen LogP contribution in [-0.4, -0.2) is 28.8 Å². The number of aliphatic hydroxyl groups is 1. The van der Waals surface area contributed by atoms with Gasteiger partial charge in [0.2, 0.25) is 0 Å². The molecule has 0 aliphatic carbocycles. The molecule has 15 heavy (non-hydrogen) atoms. The van der Waals surface area contributed by atoms with Crippen molar-refractivity contribution in [2.24, 2.45) is 5.92 Å². The molecule has 0 bridgehead atoms. The van der Waals surface area contributed by atoms with Crippen LogP contribution < -0.4 is 0 Å². The van der Waals surface area contributed by atoms with E-state index in [4.69, 9.17) is 5.11 Å². The van der Waals surface area contributed by atoms with E-state index >= 15 is 0 Å². The van der Waals surface area contributed by atoms with E-state index in [-0.39, 0.29) is 0 Å². The number of alkyl halides is 6. The van der Waals surface area contributed by atoms with Crippen LogP contribution >= 0.6 is 0 Å². The van der Waals surface area contributed by atoms with Crippen molar-refractivity contribution in [1.82, 2.24) is 0 Å². The van der Waals surface area contributed by atoms with Gasteiger partial charge in [-0.3, -0.25) is 4.79 Å². The van der Waals surface area contributed by atoms with Gasteiger partial charge in [0.15, 0.2) is 0 Å². The summed E-state index contributed by atoms with van der Waals surface area (Å²) >= 11 is 0. The van der Waals surface area contributed by atoms with Gasteiger partial charge in [0.05, 0.1) is 5.92 Å². The van der Waals surface area contributed by atoms with Gasteiger partial charge in [-0.2, -0.15) is 26.3 Å². The summed E-state index contributed by atoms with van der Waals surface area (Å²) in [6.45, 7) is 0.927. The highest BCUT2D eigenvalue weighted by Crippen LogP contribution is 2.47. The zero-order chi connectivity index (χ0) is 12.7. The lowest BCUT2D eigenvalue weighted by molar-refractivity contribution is -0.379. The molecular formula is C7H8F6O2. The Morgan fingerprint density at radius 2 is 1.33 bits per heavy atom. The van der Waals surface area contributed by atoms with Gasteiger partial charge in [-0.1, -0.05) is 6.92 Å². The van der Waals surface area contributed by atoms with Crippen LogP contribution in [0.25, 0.3) is 0 Å². The number of hydrogen-bond acceptors (Lipinski definition) is 2. The molecule has 0 saturated heterocycles. The van der Waals surface area contributed by atoms with Crippen LogP contribution in [0.1, 0.15) is 13.8 Å². The van der Waals surface area contributed by atoms with Crippen LogP contribution in [0.2, 0.25) is 0 Å². The minimum Gasteiger partial charge on any atom is -0.373 e. The number of halogens is 6. The maximum absolute atomic E-state index is 12.1. The van der Waals surface area contributed by atoms with Crippen LogP contribution in [0, 0.1) is 5.92 Å². The Bertz CT molecular complexity index is 239. The fourth-order valence-corrected chi connectivity index (χ4v) is 0.946. The van der Waals surface area contributed by atoms with Gasteiger partial charge < -0.3 is 5.11 Å². The minimum atomic E-state index is -5.95. The summed E-state index contributed by atoms with van der Waals surface area (Å²) in [7, 11) is 0. The van der Waals surface area contributed by atoms with E-state index in [1.807, 2.05) is 0 Å². The first-order valence-corrected chi connectivity index (χ1v) is 3.72. The van der Waals surface area contributed by atoms with Crippen LogP contribution in [-0.2, 0) is 4.79 Å². The van der Waals surface area contributed by atoms with E-state index in [0.717, 1.165) is 0 Å². The lowest BCUT2D eigenvalue weighted by Gasteiger charge is -2.35. The first kappa shape index (κ1) is 14.2. The first-order valence-electron chi connectivity index (χ1n) is 3.72. The second-order valence-electron chi connectivity index (χ2n) is 3.09. The molecule has 0 aliphatic heterocycles. The second-order valence-corrected chi connectivity index (χ2v) is 3.09. The van der Waals surface area contributed by atoms with Gasteiger partial charge in [-0.05, 0) is 6.92 Å². The average Bonchev–Trinajstić information content (AvgIpc) is 1.96. The highest BCUT2D eigenvalue weighted by atomic mass is 19.4. The van der Waals surface area contributed by atoms with Gasteiger partial charge in [0, 0.05) is 0 Å². The summed E-state index contributed by atoms with van der Waals surface area (Å²) in [5.74, 6) is -4.00. The van der Waals surface area contributed by atoms with E-state index in [2.05, 4.69) is 0 Å². The largest absolute Gasteiger partial charge is 0.426 e. The summed E-state index contributed by atoms with van der Waals surface area (Å²) in [6.07, 6.45) is -11.9. The zero-order valence-corrected chi connectivity index (χ0v) is 7.70. The Labute approximate surface area is 80.9 Å². The Kier molecular flexibility index (Phi) is 3.46. The van der Waals surface area contributed by atoms with Crippen molar-refractivity contribution in [2.45, 2.75) is 31.8 Å². The number of hydrogen-bond donors (Lipinski definition) is 1. The number of carbonyl (C=O) groups is 1. The molecule has 0 aromatic carbocycles. The van der Waals surface area contributed by atoms with Crippen LogP contribution in [0.5, 0.6) is 0 Å². The predicted molar refractivity (Wildman–Crippen MR) is 36.9 cm³/mol. The van der Waals surface area contributed by atoms with Gasteiger partial charge in [-0.15, -0.1) is 0 Å². The molecule has 0 fully saturated rings. The standard InChI is InChI=1S/C7H8F6O2/c1-3(4(2)14)5(15,6(8,9)10)7(11,12)13/h3,15H,1-2H3. The third kappa shape index (κ3) is 2.24. The van der Waals surface area contributed by atoms with E-state index < -0.39 is 29.7 Å².